The van der Waals surface area contributed by atoms with Crippen LogP contribution in [0.4, 0.5) is 14.5 Å². The van der Waals surface area contributed by atoms with Crippen molar-refractivity contribution in [2.75, 3.05) is 19.3 Å². The maximum atomic E-state index is 12.1. The van der Waals surface area contributed by atoms with E-state index in [0.717, 1.165) is 10.5 Å². The van der Waals surface area contributed by atoms with Gasteiger partial charge in [-0.1, -0.05) is 6.07 Å². The van der Waals surface area contributed by atoms with Gasteiger partial charge in [-0.2, -0.15) is 0 Å². The highest BCUT2D eigenvalue weighted by molar-refractivity contribution is 5.96. The van der Waals surface area contributed by atoms with Gasteiger partial charge in [-0.25, -0.2) is 8.78 Å². The zero-order valence-corrected chi connectivity index (χ0v) is 10.4. The summed E-state index contributed by atoms with van der Waals surface area (Å²) in [4.78, 5) is 12.8. The van der Waals surface area contributed by atoms with Gasteiger partial charge >= 0.3 is 0 Å². The van der Waals surface area contributed by atoms with Crippen LogP contribution in [0.25, 0.3) is 0 Å². The second-order valence-corrected chi connectivity index (χ2v) is 3.65. The van der Waals surface area contributed by atoms with Gasteiger partial charge in [0, 0.05) is 18.3 Å². The summed E-state index contributed by atoms with van der Waals surface area (Å²) in [7, 11) is 1.34. The van der Waals surface area contributed by atoms with Crippen molar-refractivity contribution in [3.63, 3.8) is 0 Å². The lowest BCUT2D eigenvalue weighted by molar-refractivity contribution is 0.0619. The Kier molecular flexibility index (Phi) is 5.88. The van der Waals surface area contributed by atoms with E-state index in [-0.39, 0.29) is 12.4 Å². The number of benzene rings is 1. The van der Waals surface area contributed by atoms with E-state index >= 15 is 0 Å². The molecule has 0 aliphatic heterocycles. The summed E-state index contributed by atoms with van der Waals surface area (Å²) in [5, 5.41) is 0. The fourth-order valence-corrected chi connectivity index (χ4v) is 1.37. The molecule has 0 aromatic heterocycles. The van der Waals surface area contributed by atoms with Crippen LogP contribution in [-0.2, 0) is 0 Å². The number of nitrogens with two attached hydrogens (primary N) is 1. The summed E-state index contributed by atoms with van der Waals surface area (Å²) in [5.41, 5.74) is 7.08. The molecule has 0 aliphatic carbocycles. The van der Waals surface area contributed by atoms with E-state index in [1.54, 1.807) is 19.1 Å². The Balaban J connectivity index is 0.00000256. The first-order chi connectivity index (χ1) is 7.41. The first-order valence-electron chi connectivity index (χ1n) is 4.81. The molecule has 0 radical (unpaired) electrons. The minimum Gasteiger partial charge on any atom is -0.399 e. The molecule has 0 saturated carbocycles. The van der Waals surface area contributed by atoms with E-state index in [2.05, 4.69) is 0 Å². The predicted octanol–water partition coefficient (Wildman–Crippen LogP) is 2.34. The van der Waals surface area contributed by atoms with Crippen LogP contribution in [-0.4, -0.2) is 30.8 Å². The molecule has 17 heavy (non-hydrogen) atoms. The van der Waals surface area contributed by atoms with Gasteiger partial charge in [-0.3, -0.25) is 4.79 Å². The number of alkyl halides is 2. The summed E-state index contributed by atoms with van der Waals surface area (Å²) >= 11 is 0. The maximum Gasteiger partial charge on any atom is 0.255 e. The van der Waals surface area contributed by atoms with Crippen molar-refractivity contribution in [1.82, 2.24) is 4.90 Å². The van der Waals surface area contributed by atoms with Crippen molar-refractivity contribution in [3.8, 4) is 0 Å². The standard InChI is InChI=1S/C11H14F2N2O.ClH/c1-7-3-4-8(14)5-9(7)11(16)15(2)6-10(12)13;/h3-5,10H,6,14H2,1-2H3;1H. The molecule has 0 fully saturated rings. The topological polar surface area (TPSA) is 46.3 Å². The molecule has 0 unspecified atom stereocenters. The first kappa shape index (κ1) is 15.6. The van der Waals surface area contributed by atoms with Crippen LogP contribution < -0.4 is 5.73 Å². The monoisotopic (exact) mass is 264 g/mol. The number of hydrogen-bond donors (Lipinski definition) is 1. The van der Waals surface area contributed by atoms with Gasteiger partial charge in [0.05, 0.1) is 6.54 Å². The van der Waals surface area contributed by atoms with Crippen LogP contribution in [0.1, 0.15) is 15.9 Å². The predicted molar refractivity (Wildman–Crippen MR) is 65.8 cm³/mol. The molecular formula is C11H15ClF2N2O. The molecule has 0 bridgehead atoms. The lowest BCUT2D eigenvalue weighted by Crippen LogP contribution is -2.31. The lowest BCUT2D eigenvalue weighted by Gasteiger charge is -2.17. The van der Waals surface area contributed by atoms with E-state index in [1.165, 1.54) is 13.1 Å². The van der Waals surface area contributed by atoms with Crippen molar-refractivity contribution in [2.24, 2.45) is 0 Å². The highest BCUT2D eigenvalue weighted by Crippen LogP contribution is 2.15. The highest BCUT2D eigenvalue weighted by Gasteiger charge is 2.17. The largest absolute Gasteiger partial charge is 0.399 e. The molecule has 2 N–H and O–H groups in total. The molecule has 0 atom stereocenters. The molecule has 3 nitrogen and oxygen atoms in total. The Bertz CT molecular complexity index is 399. The van der Waals surface area contributed by atoms with Crippen LogP contribution in [0.2, 0.25) is 0 Å². The number of amides is 1. The number of carbonyl (C=O) groups is 1. The van der Waals surface area contributed by atoms with Crippen LogP contribution in [0, 0.1) is 6.92 Å². The minimum absolute atomic E-state index is 0. The summed E-state index contributed by atoms with van der Waals surface area (Å²) < 4.78 is 24.2. The normalized spacial score (nSPS) is 9.94. The summed E-state index contributed by atoms with van der Waals surface area (Å²) in [6.07, 6.45) is -2.53. The third kappa shape index (κ3) is 4.19. The number of aryl methyl sites for hydroxylation is 1. The maximum absolute atomic E-state index is 12.1. The van der Waals surface area contributed by atoms with E-state index in [0.29, 0.717) is 11.3 Å². The highest BCUT2D eigenvalue weighted by atomic mass is 35.5. The second-order valence-electron chi connectivity index (χ2n) is 3.65. The average Bonchev–Trinajstić information content (AvgIpc) is 2.19. The molecule has 1 rings (SSSR count). The van der Waals surface area contributed by atoms with E-state index in [4.69, 9.17) is 5.73 Å². The van der Waals surface area contributed by atoms with E-state index in [9.17, 15) is 13.6 Å². The number of rotatable bonds is 3. The van der Waals surface area contributed by atoms with Crippen LogP contribution in [0.3, 0.4) is 0 Å². The molecule has 1 aromatic carbocycles. The van der Waals surface area contributed by atoms with Crippen molar-refractivity contribution in [2.45, 2.75) is 13.3 Å². The second kappa shape index (κ2) is 6.39. The molecule has 1 amide bonds. The van der Waals surface area contributed by atoms with E-state index < -0.39 is 18.9 Å². The van der Waals surface area contributed by atoms with Crippen molar-refractivity contribution >= 4 is 24.0 Å². The van der Waals surface area contributed by atoms with Gasteiger partial charge < -0.3 is 10.6 Å². The molecule has 6 heteroatoms. The van der Waals surface area contributed by atoms with E-state index in [1.807, 2.05) is 0 Å². The lowest BCUT2D eigenvalue weighted by atomic mass is 10.1. The minimum atomic E-state index is -2.53. The van der Waals surface area contributed by atoms with Gasteiger partial charge in [0.25, 0.3) is 12.3 Å². The smallest absolute Gasteiger partial charge is 0.255 e. The summed E-state index contributed by atoms with van der Waals surface area (Å²) in [6.45, 7) is 1.16. The zero-order valence-electron chi connectivity index (χ0n) is 9.61. The number of halogens is 3. The third-order valence-electron chi connectivity index (χ3n) is 2.25. The molecule has 0 spiro atoms. The van der Waals surface area contributed by atoms with Crippen LogP contribution in [0.5, 0.6) is 0 Å². The number of carbonyl (C=O) groups excluding carboxylic acids is 1. The first-order valence-corrected chi connectivity index (χ1v) is 4.81. The van der Waals surface area contributed by atoms with Gasteiger partial charge in [0.1, 0.15) is 0 Å². The Labute approximate surface area is 105 Å². The number of nitrogens with zero attached hydrogens (tertiary/aromatic N) is 1. The van der Waals surface area contributed by atoms with Crippen LogP contribution in [0.15, 0.2) is 18.2 Å². The summed E-state index contributed by atoms with van der Waals surface area (Å²) in [6, 6.07) is 4.86. The Hall–Kier alpha value is -1.36. The fourth-order valence-electron chi connectivity index (χ4n) is 1.37. The SMILES string of the molecule is Cc1ccc(N)cc1C(=O)N(C)CC(F)F.Cl. The van der Waals surface area contributed by atoms with Crippen molar-refractivity contribution in [1.29, 1.82) is 0 Å². The van der Waals surface area contributed by atoms with Crippen molar-refractivity contribution < 1.29 is 13.6 Å². The molecule has 0 heterocycles. The third-order valence-corrected chi connectivity index (χ3v) is 2.25. The Morgan fingerprint density at radius 2 is 2.06 bits per heavy atom. The summed E-state index contributed by atoms with van der Waals surface area (Å²) in [5.74, 6) is -0.440. The number of nitrogen functional groups attached to an aromatic ring is 1. The Morgan fingerprint density at radius 1 is 1.47 bits per heavy atom. The average molecular weight is 265 g/mol. The molecular weight excluding hydrogens is 250 g/mol. The molecule has 96 valence electrons. The zero-order chi connectivity index (χ0) is 12.3. The van der Waals surface area contributed by atoms with Gasteiger partial charge in [-0.05, 0) is 24.6 Å². The van der Waals surface area contributed by atoms with Crippen molar-refractivity contribution in [3.05, 3.63) is 29.3 Å². The quantitative estimate of drug-likeness (QED) is 0.852. The number of hydrogen-bond acceptors (Lipinski definition) is 2. The molecule has 0 saturated heterocycles. The van der Waals surface area contributed by atoms with Crippen LogP contribution >= 0.6 is 12.4 Å². The Morgan fingerprint density at radius 3 is 2.59 bits per heavy atom. The van der Waals surface area contributed by atoms with Gasteiger partial charge in [-0.15, -0.1) is 12.4 Å². The number of anilines is 1. The fraction of sp³-hybridized carbons (Fsp3) is 0.364. The van der Waals surface area contributed by atoms with Gasteiger partial charge in [0.15, 0.2) is 0 Å². The molecule has 1 aromatic rings. The molecule has 0 aliphatic rings. The van der Waals surface area contributed by atoms with Gasteiger partial charge in [0.2, 0.25) is 0 Å².